The Labute approximate surface area is 206 Å². The molecule has 0 radical (unpaired) electrons. The maximum Gasteiger partial charge on any atom is 0.163 e. The highest BCUT2D eigenvalue weighted by Gasteiger charge is 2.07. The van der Waals surface area contributed by atoms with E-state index in [1.165, 1.54) is 12.2 Å². The number of carbonyl (C=O) groups excluding carboxylic acids is 2. The van der Waals surface area contributed by atoms with Crippen LogP contribution in [0.25, 0.3) is 18.2 Å². The number of carbonyl (C=O) groups is 2. The van der Waals surface area contributed by atoms with E-state index >= 15 is 0 Å². The minimum Gasteiger partial charge on any atom is -0.493 e. The van der Waals surface area contributed by atoms with E-state index in [0.29, 0.717) is 18.1 Å². The number of benzene rings is 2. The molecular weight excluding hydrogens is 438 g/mol. The van der Waals surface area contributed by atoms with Gasteiger partial charge in [0.15, 0.2) is 23.1 Å². The summed E-state index contributed by atoms with van der Waals surface area (Å²) in [4.78, 5) is 28.8. The molecule has 3 aromatic rings. The van der Waals surface area contributed by atoms with Gasteiger partial charge in [0.1, 0.15) is 6.61 Å². The number of nitrogens with zero attached hydrogens (tertiary/aromatic N) is 1. The van der Waals surface area contributed by atoms with E-state index in [1.54, 1.807) is 37.6 Å². The Kier molecular flexibility index (Phi) is 9.31. The molecule has 35 heavy (non-hydrogen) atoms. The van der Waals surface area contributed by atoms with Gasteiger partial charge in [0.2, 0.25) is 0 Å². The molecule has 5 nitrogen and oxygen atoms in total. The van der Waals surface area contributed by atoms with Gasteiger partial charge in [-0.3, -0.25) is 14.6 Å². The van der Waals surface area contributed by atoms with Crippen LogP contribution in [0.1, 0.15) is 41.3 Å². The smallest absolute Gasteiger partial charge is 0.163 e. The summed E-state index contributed by atoms with van der Waals surface area (Å²) in [7, 11) is 1.57. The van der Waals surface area contributed by atoms with Gasteiger partial charge in [-0.25, -0.2) is 0 Å². The molecule has 0 aliphatic rings. The van der Waals surface area contributed by atoms with Crippen molar-refractivity contribution in [3.63, 3.8) is 0 Å². The molecule has 0 N–H and O–H groups in total. The Bertz CT molecular complexity index is 1260. The number of aromatic nitrogens is 1. The van der Waals surface area contributed by atoms with Gasteiger partial charge in [-0.1, -0.05) is 54.6 Å². The molecule has 0 aliphatic heterocycles. The van der Waals surface area contributed by atoms with E-state index in [1.807, 2.05) is 68.5 Å². The quantitative estimate of drug-likeness (QED) is 0.246. The summed E-state index contributed by atoms with van der Waals surface area (Å²) in [6.07, 6.45) is 11.8. The number of hydrogen-bond acceptors (Lipinski definition) is 5. The average Bonchev–Trinajstić information content (AvgIpc) is 2.87. The lowest BCUT2D eigenvalue weighted by Gasteiger charge is -2.11. The molecule has 0 saturated heterocycles. The molecule has 2 aromatic carbocycles. The molecule has 0 spiro atoms. The number of aryl methyl sites for hydroxylation is 1. The van der Waals surface area contributed by atoms with Crippen LogP contribution in [0.4, 0.5) is 0 Å². The molecule has 1 aromatic heterocycles. The second-order valence-corrected chi connectivity index (χ2v) is 7.91. The van der Waals surface area contributed by atoms with Crippen molar-refractivity contribution in [3.8, 4) is 11.5 Å². The first-order chi connectivity index (χ1) is 17.0. The third kappa shape index (κ3) is 7.93. The van der Waals surface area contributed by atoms with Gasteiger partial charge < -0.3 is 9.47 Å². The molecule has 0 fully saturated rings. The van der Waals surface area contributed by atoms with Crippen LogP contribution < -0.4 is 9.47 Å². The van der Waals surface area contributed by atoms with E-state index in [-0.39, 0.29) is 18.0 Å². The van der Waals surface area contributed by atoms with Crippen molar-refractivity contribution in [2.45, 2.75) is 26.9 Å². The summed E-state index contributed by atoms with van der Waals surface area (Å²) in [5.74, 6) is 0.608. The van der Waals surface area contributed by atoms with Gasteiger partial charge in [-0.05, 0) is 72.5 Å². The summed E-state index contributed by atoms with van der Waals surface area (Å²) in [5, 5.41) is 0. The van der Waals surface area contributed by atoms with Gasteiger partial charge in [-0.15, -0.1) is 0 Å². The molecule has 0 atom stereocenters. The monoisotopic (exact) mass is 467 g/mol. The molecule has 3 rings (SSSR count). The first-order valence-electron chi connectivity index (χ1n) is 11.3. The summed E-state index contributed by atoms with van der Waals surface area (Å²) in [5.41, 5.74) is 4.74. The number of hydrogen-bond donors (Lipinski definition) is 0. The van der Waals surface area contributed by atoms with Crippen molar-refractivity contribution < 1.29 is 19.1 Å². The summed E-state index contributed by atoms with van der Waals surface area (Å²) >= 11 is 0. The van der Waals surface area contributed by atoms with Crippen molar-refractivity contribution >= 4 is 29.8 Å². The lowest BCUT2D eigenvalue weighted by molar-refractivity contribution is -0.121. The first-order valence-corrected chi connectivity index (χ1v) is 11.3. The summed E-state index contributed by atoms with van der Waals surface area (Å²) in [6, 6.07) is 17.0. The summed E-state index contributed by atoms with van der Waals surface area (Å²) in [6.45, 7) is 4.29. The van der Waals surface area contributed by atoms with Crippen LogP contribution in [-0.4, -0.2) is 23.7 Å². The second-order valence-electron chi connectivity index (χ2n) is 7.91. The zero-order chi connectivity index (χ0) is 25.0. The standard InChI is InChI=1S/C30H29NO4/c1-4-7-25-13-9-23(18-22(25)2)10-14-27(32)20-28(33)15-11-24-12-16-29(34-3)30(19-24)35-21-26-8-5-6-17-31-26/h4-19H,20-21H2,1-3H3/b7-4-,14-10+,15-11+. The van der Waals surface area contributed by atoms with Crippen LogP contribution in [0.3, 0.4) is 0 Å². The zero-order valence-electron chi connectivity index (χ0n) is 20.2. The van der Waals surface area contributed by atoms with Crippen LogP contribution in [0.5, 0.6) is 11.5 Å². The van der Waals surface area contributed by atoms with Crippen molar-refractivity contribution in [2.75, 3.05) is 7.11 Å². The molecule has 5 heteroatoms. The Hall–Kier alpha value is -4.25. The largest absolute Gasteiger partial charge is 0.493 e. The third-order valence-corrected chi connectivity index (χ3v) is 5.20. The van der Waals surface area contributed by atoms with Gasteiger partial charge in [0, 0.05) is 6.20 Å². The van der Waals surface area contributed by atoms with Crippen LogP contribution in [-0.2, 0) is 16.2 Å². The van der Waals surface area contributed by atoms with E-state index in [2.05, 4.69) is 4.98 Å². The molecule has 0 amide bonds. The highest BCUT2D eigenvalue weighted by Crippen LogP contribution is 2.29. The zero-order valence-corrected chi connectivity index (χ0v) is 20.2. The van der Waals surface area contributed by atoms with Crippen molar-refractivity contribution in [1.82, 2.24) is 4.98 Å². The van der Waals surface area contributed by atoms with Crippen molar-refractivity contribution in [2.24, 2.45) is 0 Å². The maximum atomic E-state index is 12.3. The lowest BCUT2D eigenvalue weighted by atomic mass is 10.0. The molecule has 178 valence electrons. The van der Waals surface area contributed by atoms with Gasteiger partial charge in [-0.2, -0.15) is 0 Å². The molecule has 0 aliphatic carbocycles. The molecular formula is C30H29NO4. The minimum absolute atomic E-state index is 0.193. The molecule has 0 bridgehead atoms. The van der Waals surface area contributed by atoms with E-state index in [9.17, 15) is 9.59 Å². The number of ether oxygens (including phenoxy) is 2. The van der Waals surface area contributed by atoms with Crippen LogP contribution in [0.2, 0.25) is 0 Å². The molecule has 0 unspecified atom stereocenters. The summed E-state index contributed by atoms with van der Waals surface area (Å²) < 4.78 is 11.2. The SMILES string of the molecule is C/C=C\c1ccc(/C=C/C(=O)CC(=O)/C=C/c2ccc(OC)c(OCc3ccccn3)c2)cc1C. The van der Waals surface area contributed by atoms with Gasteiger partial charge in [0.25, 0.3) is 0 Å². The number of rotatable bonds is 11. The van der Waals surface area contributed by atoms with Crippen molar-refractivity contribution in [3.05, 3.63) is 107 Å². The topological polar surface area (TPSA) is 65.5 Å². The van der Waals surface area contributed by atoms with Crippen LogP contribution in [0.15, 0.2) is 79.0 Å². The average molecular weight is 468 g/mol. The van der Waals surface area contributed by atoms with Gasteiger partial charge in [0.05, 0.1) is 19.2 Å². The molecule has 1 heterocycles. The van der Waals surface area contributed by atoms with Crippen LogP contribution >= 0.6 is 0 Å². The third-order valence-electron chi connectivity index (χ3n) is 5.20. The predicted molar refractivity (Wildman–Crippen MR) is 140 cm³/mol. The Morgan fingerprint density at radius 1 is 0.886 bits per heavy atom. The number of ketones is 2. The van der Waals surface area contributed by atoms with E-state index < -0.39 is 0 Å². The minimum atomic E-state index is -0.272. The number of pyridine rings is 1. The Morgan fingerprint density at radius 2 is 1.60 bits per heavy atom. The lowest BCUT2D eigenvalue weighted by Crippen LogP contribution is -2.02. The second kappa shape index (κ2) is 12.8. The maximum absolute atomic E-state index is 12.3. The number of allylic oxidation sites excluding steroid dienone is 3. The highest BCUT2D eigenvalue weighted by molar-refractivity contribution is 6.10. The predicted octanol–water partition coefficient (Wildman–Crippen LogP) is 6.27. The van der Waals surface area contributed by atoms with E-state index in [0.717, 1.165) is 27.9 Å². The van der Waals surface area contributed by atoms with E-state index in [4.69, 9.17) is 9.47 Å². The van der Waals surface area contributed by atoms with Crippen LogP contribution in [0, 0.1) is 6.92 Å². The molecule has 0 saturated carbocycles. The fourth-order valence-corrected chi connectivity index (χ4v) is 3.38. The Balaban J connectivity index is 1.59. The van der Waals surface area contributed by atoms with Crippen molar-refractivity contribution in [1.29, 1.82) is 0 Å². The van der Waals surface area contributed by atoms with Gasteiger partial charge >= 0.3 is 0 Å². The fraction of sp³-hybridized carbons (Fsp3) is 0.167. The Morgan fingerprint density at radius 3 is 2.23 bits per heavy atom. The first kappa shape index (κ1) is 25.4. The highest BCUT2D eigenvalue weighted by atomic mass is 16.5. The fourth-order valence-electron chi connectivity index (χ4n) is 3.38. The normalized spacial score (nSPS) is 11.4. The number of methoxy groups -OCH3 is 1.